The zero-order valence-corrected chi connectivity index (χ0v) is 16.8. The molecule has 0 saturated heterocycles. The van der Waals surface area contributed by atoms with Gasteiger partial charge in [0.25, 0.3) is 0 Å². The van der Waals surface area contributed by atoms with Crippen LogP contribution in [-0.4, -0.2) is 5.78 Å². The number of nitrogens with one attached hydrogen (secondary N) is 2. The minimum absolute atomic E-state index is 0.0640. The summed E-state index contributed by atoms with van der Waals surface area (Å²) in [5.41, 5.74) is 2.56. The molecule has 7 heteroatoms. The van der Waals surface area contributed by atoms with Gasteiger partial charge < -0.3 is 10.6 Å². The van der Waals surface area contributed by atoms with Crippen molar-refractivity contribution in [3.05, 3.63) is 68.8 Å². The van der Waals surface area contributed by atoms with Crippen molar-refractivity contribution in [2.24, 2.45) is 5.41 Å². The highest BCUT2D eigenvalue weighted by atomic mass is 35.5. The molecule has 1 heterocycles. The number of Topliss-reactive ketones (excluding diaryl/α,β-unsaturated/α-hetero) is 1. The van der Waals surface area contributed by atoms with Crippen molar-refractivity contribution in [2.75, 3.05) is 10.6 Å². The topological polar surface area (TPSA) is 41.1 Å². The maximum Gasteiger partial charge on any atom is 0.163 e. The van der Waals surface area contributed by atoms with Crippen LogP contribution in [0, 0.1) is 17.0 Å². The van der Waals surface area contributed by atoms with E-state index in [0.29, 0.717) is 45.4 Å². The third-order valence-corrected chi connectivity index (χ3v) is 5.79. The van der Waals surface area contributed by atoms with E-state index in [1.165, 1.54) is 12.1 Å². The predicted octanol–water partition coefficient (Wildman–Crippen LogP) is 6.49. The van der Waals surface area contributed by atoms with E-state index in [9.17, 15) is 13.6 Å². The molecule has 0 amide bonds. The molecule has 0 bridgehead atoms. The number of hydrogen-bond acceptors (Lipinski definition) is 3. The van der Waals surface area contributed by atoms with E-state index >= 15 is 0 Å². The zero-order chi connectivity index (χ0) is 20.2. The lowest BCUT2D eigenvalue weighted by Gasteiger charge is -2.34. The Labute approximate surface area is 171 Å². The van der Waals surface area contributed by atoms with Gasteiger partial charge in [-0.25, -0.2) is 8.78 Å². The molecule has 1 aliphatic carbocycles. The number of carbonyl (C=O) groups excluding carboxylic acids is 1. The summed E-state index contributed by atoms with van der Waals surface area (Å²) in [7, 11) is 0. The molecule has 1 aliphatic heterocycles. The van der Waals surface area contributed by atoms with E-state index in [0.717, 1.165) is 11.8 Å². The second kappa shape index (κ2) is 6.75. The molecule has 4 rings (SSSR count). The predicted molar refractivity (Wildman–Crippen MR) is 108 cm³/mol. The second-order valence-corrected chi connectivity index (χ2v) is 8.86. The van der Waals surface area contributed by atoms with Crippen LogP contribution in [0.15, 0.2) is 41.6 Å². The van der Waals surface area contributed by atoms with Gasteiger partial charge in [0.1, 0.15) is 11.6 Å². The number of anilines is 2. The molecule has 3 nitrogen and oxygen atoms in total. The van der Waals surface area contributed by atoms with E-state index in [2.05, 4.69) is 10.6 Å². The highest BCUT2D eigenvalue weighted by Gasteiger charge is 2.39. The molecular weight excluding hydrogens is 405 g/mol. The van der Waals surface area contributed by atoms with Crippen molar-refractivity contribution < 1.29 is 13.6 Å². The molecule has 2 aliphatic rings. The molecule has 2 N–H and O–H groups in total. The number of ketones is 1. The van der Waals surface area contributed by atoms with E-state index in [-0.39, 0.29) is 11.2 Å². The Morgan fingerprint density at radius 2 is 1.57 bits per heavy atom. The summed E-state index contributed by atoms with van der Waals surface area (Å²) in [5, 5.41) is 7.26. The lowest BCUT2D eigenvalue weighted by Crippen LogP contribution is -2.31. The summed E-state index contributed by atoms with van der Waals surface area (Å²) in [5.74, 6) is -1.46. The molecule has 0 saturated carbocycles. The van der Waals surface area contributed by atoms with E-state index in [1.807, 2.05) is 13.8 Å². The summed E-state index contributed by atoms with van der Waals surface area (Å²) in [4.78, 5) is 13.1. The highest BCUT2D eigenvalue weighted by Crippen LogP contribution is 2.46. The van der Waals surface area contributed by atoms with Crippen LogP contribution in [0.5, 0.6) is 0 Å². The summed E-state index contributed by atoms with van der Waals surface area (Å²) in [6.07, 6.45) is 0.963. The van der Waals surface area contributed by atoms with Gasteiger partial charge in [-0.3, -0.25) is 4.79 Å². The Balaban J connectivity index is 1.93. The third kappa shape index (κ3) is 3.49. The average Bonchev–Trinajstić information content (AvgIpc) is 2.70. The molecule has 2 aromatic carbocycles. The van der Waals surface area contributed by atoms with Crippen molar-refractivity contribution in [3.63, 3.8) is 0 Å². The number of carbonyl (C=O) groups is 1. The van der Waals surface area contributed by atoms with E-state index < -0.39 is 17.7 Å². The molecule has 28 heavy (non-hydrogen) atoms. The van der Waals surface area contributed by atoms with Crippen molar-refractivity contribution >= 4 is 40.4 Å². The van der Waals surface area contributed by atoms with E-state index in [1.54, 1.807) is 12.1 Å². The zero-order valence-electron chi connectivity index (χ0n) is 15.3. The second-order valence-electron chi connectivity index (χ2n) is 8.05. The van der Waals surface area contributed by atoms with Crippen LogP contribution in [0.1, 0.15) is 38.3 Å². The maximum absolute atomic E-state index is 13.9. The van der Waals surface area contributed by atoms with Gasteiger partial charge in [-0.2, -0.15) is 0 Å². The van der Waals surface area contributed by atoms with Crippen molar-refractivity contribution in [1.82, 2.24) is 0 Å². The number of benzene rings is 2. The quantitative estimate of drug-likeness (QED) is 0.551. The van der Waals surface area contributed by atoms with Crippen molar-refractivity contribution in [2.45, 2.75) is 32.7 Å². The van der Waals surface area contributed by atoms with Crippen LogP contribution >= 0.6 is 23.2 Å². The van der Waals surface area contributed by atoms with Gasteiger partial charge in [0.15, 0.2) is 5.78 Å². The molecule has 0 fully saturated rings. The van der Waals surface area contributed by atoms with Crippen molar-refractivity contribution in [3.8, 4) is 0 Å². The first-order chi connectivity index (χ1) is 13.1. The van der Waals surface area contributed by atoms with Gasteiger partial charge in [-0.05, 0) is 41.7 Å². The van der Waals surface area contributed by atoms with E-state index in [4.69, 9.17) is 23.2 Å². The van der Waals surface area contributed by atoms with Gasteiger partial charge in [-0.15, -0.1) is 0 Å². The molecular formula is C21H18Cl2F2N2O. The molecule has 146 valence electrons. The Hall–Kier alpha value is -2.11. The smallest absolute Gasteiger partial charge is 0.163 e. The van der Waals surface area contributed by atoms with Gasteiger partial charge in [-0.1, -0.05) is 37.0 Å². The number of rotatable bonds is 1. The van der Waals surface area contributed by atoms with Crippen LogP contribution in [0.4, 0.5) is 20.2 Å². The van der Waals surface area contributed by atoms with Gasteiger partial charge >= 0.3 is 0 Å². The van der Waals surface area contributed by atoms with Crippen LogP contribution in [0.25, 0.3) is 0 Å². The SMILES string of the molecule is CC1(C)CC(=O)C2=C(C1)Nc1cc(Cl)c(Cl)cc1NC2c1cc(F)cc(F)c1. The molecule has 1 unspecified atom stereocenters. The monoisotopic (exact) mass is 422 g/mol. The Bertz CT molecular complexity index is 1010. The maximum atomic E-state index is 13.9. The number of fused-ring (bicyclic) bond motifs is 1. The van der Waals surface area contributed by atoms with Crippen LogP contribution in [-0.2, 0) is 4.79 Å². The molecule has 2 aromatic rings. The average molecular weight is 423 g/mol. The minimum atomic E-state index is -0.713. The Morgan fingerprint density at radius 3 is 2.21 bits per heavy atom. The molecule has 0 radical (unpaired) electrons. The summed E-state index contributed by atoms with van der Waals surface area (Å²) >= 11 is 12.3. The van der Waals surface area contributed by atoms with Gasteiger partial charge in [0, 0.05) is 23.8 Å². The summed E-state index contributed by atoms with van der Waals surface area (Å²) < 4.78 is 27.8. The normalized spacial score (nSPS) is 20.6. The highest BCUT2D eigenvalue weighted by molar-refractivity contribution is 6.42. The Kier molecular flexibility index (Phi) is 4.63. The third-order valence-electron chi connectivity index (χ3n) is 5.07. The summed E-state index contributed by atoms with van der Waals surface area (Å²) in [6, 6.07) is 5.89. The van der Waals surface area contributed by atoms with Gasteiger partial charge in [0.05, 0.1) is 27.5 Å². The lowest BCUT2D eigenvalue weighted by atomic mass is 9.73. The first kappa shape index (κ1) is 19.2. The minimum Gasteiger partial charge on any atom is -0.372 e. The van der Waals surface area contributed by atoms with Crippen LogP contribution in [0.3, 0.4) is 0 Å². The standard InChI is InChI=1S/C21H18Cl2F2N2O/c1-21(2)8-17-19(18(28)9-21)20(10-3-11(24)5-12(25)4-10)27-16-7-14(23)13(22)6-15(16)26-17/h3-7,20,26-27H,8-9H2,1-2H3. The Morgan fingerprint density at radius 1 is 0.964 bits per heavy atom. The lowest BCUT2D eigenvalue weighted by molar-refractivity contribution is -0.118. The number of halogens is 4. The fourth-order valence-corrected chi connectivity index (χ4v) is 4.26. The molecule has 1 atom stereocenters. The fourth-order valence-electron chi connectivity index (χ4n) is 3.93. The number of hydrogen-bond donors (Lipinski definition) is 2. The molecule has 0 spiro atoms. The first-order valence-electron chi connectivity index (χ1n) is 8.88. The number of allylic oxidation sites excluding steroid dienone is 1. The molecule has 0 aromatic heterocycles. The van der Waals surface area contributed by atoms with Crippen LogP contribution in [0.2, 0.25) is 10.0 Å². The largest absolute Gasteiger partial charge is 0.372 e. The fraction of sp³-hybridized carbons (Fsp3) is 0.286. The first-order valence-corrected chi connectivity index (χ1v) is 9.63. The summed E-state index contributed by atoms with van der Waals surface area (Å²) in [6.45, 7) is 4.03. The van der Waals surface area contributed by atoms with Crippen molar-refractivity contribution in [1.29, 1.82) is 0 Å². The van der Waals surface area contributed by atoms with Gasteiger partial charge in [0.2, 0.25) is 0 Å². The van der Waals surface area contributed by atoms with Crippen LogP contribution < -0.4 is 10.6 Å².